The molecule has 0 aromatic carbocycles. The summed E-state index contributed by atoms with van der Waals surface area (Å²) < 4.78 is 0. The van der Waals surface area contributed by atoms with Gasteiger partial charge in [-0.1, -0.05) is 0 Å². The molecule has 4 rings (SSSR count). The highest BCUT2D eigenvalue weighted by atomic mass is 32.1. The minimum atomic E-state index is -0.643. The van der Waals surface area contributed by atoms with E-state index in [1.807, 2.05) is 6.92 Å². The maximum atomic E-state index is 12.7. The van der Waals surface area contributed by atoms with Gasteiger partial charge < -0.3 is 15.5 Å². The second kappa shape index (κ2) is 7.63. The van der Waals surface area contributed by atoms with Gasteiger partial charge in [0.1, 0.15) is 6.04 Å². The molecule has 2 aliphatic rings. The number of carbonyl (C=O) groups is 4. The average molecular weight is 413 g/mol. The van der Waals surface area contributed by atoms with Gasteiger partial charge in [-0.2, -0.15) is 0 Å². The van der Waals surface area contributed by atoms with Crippen molar-refractivity contribution in [3.8, 4) is 0 Å². The van der Waals surface area contributed by atoms with Crippen LogP contribution in [0.3, 0.4) is 0 Å². The molecular formula is C19H19N5O4S. The third-order valence-electron chi connectivity index (χ3n) is 4.97. The minimum Gasteiger partial charge on any atom is -0.333 e. The second-order valence-electron chi connectivity index (χ2n) is 6.95. The molecule has 4 heterocycles. The van der Waals surface area contributed by atoms with Crippen molar-refractivity contribution >= 4 is 40.8 Å². The number of rotatable bonds is 4. The molecule has 0 spiro atoms. The van der Waals surface area contributed by atoms with Crippen molar-refractivity contribution in [2.75, 3.05) is 5.32 Å². The third kappa shape index (κ3) is 3.83. The summed E-state index contributed by atoms with van der Waals surface area (Å²) in [7, 11) is 0. The minimum absolute atomic E-state index is 0.216. The number of urea groups is 1. The highest BCUT2D eigenvalue weighted by molar-refractivity contribution is 7.10. The molecule has 0 bridgehead atoms. The van der Waals surface area contributed by atoms with Crippen molar-refractivity contribution in [3.63, 3.8) is 0 Å². The summed E-state index contributed by atoms with van der Waals surface area (Å²) in [6, 6.07) is 2.55. The van der Waals surface area contributed by atoms with Crippen LogP contribution in [0.4, 0.5) is 10.5 Å². The van der Waals surface area contributed by atoms with Crippen molar-refractivity contribution in [2.24, 2.45) is 0 Å². The van der Waals surface area contributed by atoms with E-state index < -0.39 is 11.9 Å². The summed E-state index contributed by atoms with van der Waals surface area (Å²) >= 11 is 1.40. The lowest BCUT2D eigenvalue weighted by Crippen LogP contribution is -2.52. The Morgan fingerprint density at radius 3 is 2.90 bits per heavy atom. The fourth-order valence-corrected chi connectivity index (χ4v) is 4.40. The molecule has 1 atom stereocenters. The second-order valence-corrected chi connectivity index (χ2v) is 7.91. The van der Waals surface area contributed by atoms with E-state index in [1.165, 1.54) is 16.2 Å². The van der Waals surface area contributed by atoms with Crippen LogP contribution in [-0.2, 0) is 22.7 Å². The Kier molecular flexibility index (Phi) is 5.01. The van der Waals surface area contributed by atoms with Crippen LogP contribution >= 0.6 is 11.3 Å². The maximum Gasteiger partial charge on any atom is 0.319 e. The van der Waals surface area contributed by atoms with Crippen LogP contribution < -0.4 is 16.0 Å². The molecule has 2 aliphatic heterocycles. The number of amides is 5. The lowest BCUT2D eigenvalue weighted by atomic mass is 10.0. The number of pyridine rings is 1. The number of anilines is 1. The zero-order valence-electron chi connectivity index (χ0n) is 15.7. The van der Waals surface area contributed by atoms with Crippen LogP contribution in [0.25, 0.3) is 0 Å². The Morgan fingerprint density at radius 1 is 1.34 bits per heavy atom. The highest BCUT2D eigenvalue weighted by Gasteiger charge is 2.40. The first-order valence-corrected chi connectivity index (χ1v) is 10.0. The van der Waals surface area contributed by atoms with E-state index in [4.69, 9.17) is 0 Å². The first-order chi connectivity index (χ1) is 13.9. The zero-order valence-corrected chi connectivity index (χ0v) is 16.5. The number of nitrogens with zero attached hydrogens (tertiary/aromatic N) is 2. The lowest BCUT2D eigenvalue weighted by molar-refractivity contribution is -0.136. The number of aryl methyl sites for hydroxylation is 1. The third-order valence-corrected chi connectivity index (χ3v) is 5.99. The maximum absolute atomic E-state index is 12.7. The standard InChI is InChI=1S/C19H19N5O4S/c1-10-2-3-11(6-20-10)22-19(28)21-7-15-12-8-24(18(27)13(12)9-29-15)14-4-5-16(25)23-17(14)26/h2-3,6,9,14H,4-5,7-8H2,1H3,(H2,21,22,28)(H,23,25,26). The van der Waals surface area contributed by atoms with Crippen LogP contribution in [0.1, 0.15) is 39.3 Å². The molecule has 0 saturated carbocycles. The van der Waals surface area contributed by atoms with Crippen LogP contribution in [-0.4, -0.2) is 39.7 Å². The van der Waals surface area contributed by atoms with Gasteiger partial charge in [-0.3, -0.25) is 24.7 Å². The van der Waals surface area contributed by atoms with Crippen molar-refractivity contribution in [2.45, 2.75) is 38.9 Å². The Bertz CT molecular complexity index is 1000. The number of nitrogens with one attached hydrogen (secondary N) is 3. The van der Waals surface area contributed by atoms with Crippen molar-refractivity contribution in [3.05, 3.63) is 45.4 Å². The first kappa shape index (κ1) is 19.1. The summed E-state index contributed by atoms with van der Waals surface area (Å²) in [6.07, 6.45) is 2.12. The molecule has 3 N–H and O–H groups in total. The number of piperidine rings is 1. The zero-order chi connectivity index (χ0) is 20.5. The molecule has 9 nitrogen and oxygen atoms in total. The first-order valence-electron chi connectivity index (χ1n) is 9.14. The quantitative estimate of drug-likeness (QED) is 0.657. The molecule has 150 valence electrons. The van der Waals surface area contributed by atoms with Gasteiger partial charge in [0.15, 0.2) is 0 Å². The predicted molar refractivity (Wildman–Crippen MR) is 105 cm³/mol. The molecule has 1 fully saturated rings. The van der Waals surface area contributed by atoms with Gasteiger partial charge in [-0.25, -0.2) is 4.79 Å². The van der Waals surface area contributed by atoms with Crippen molar-refractivity contribution in [1.29, 1.82) is 0 Å². The van der Waals surface area contributed by atoms with Gasteiger partial charge in [-0.05, 0) is 31.0 Å². The number of aromatic nitrogens is 1. The molecule has 29 heavy (non-hydrogen) atoms. The Hall–Kier alpha value is -3.27. The molecular weight excluding hydrogens is 394 g/mol. The van der Waals surface area contributed by atoms with E-state index in [1.54, 1.807) is 23.7 Å². The number of thiophene rings is 1. The molecule has 0 radical (unpaired) electrons. The summed E-state index contributed by atoms with van der Waals surface area (Å²) in [6.45, 7) is 2.42. The normalized spacial score (nSPS) is 18.4. The summed E-state index contributed by atoms with van der Waals surface area (Å²) in [4.78, 5) is 54.8. The molecule has 0 aliphatic carbocycles. The van der Waals surface area contributed by atoms with Crippen LogP contribution in [0.15, 0.2) is 23.7 Å². The van der Waals surface area contributed by atoms with Crippen LogP contribution in [0, 0.1) is 6.92 Å². The SMILES string of the molecule is Cc1ccc(NC(=O)NCc2scc3c2CN(C2CCC(=O)NC2=O)C3=O)cn1. The summed E-state index contributed by atoms with van der Waals surface area (Å²) in [5.41, 5.74) is 2.82. The van der Waals surface area contributed by atoms with Crippen molar-refractivity contribution < 1.29 is 19.2 Å². The number of fused-ring (bicyclic) bond motifs is 1. The van der Waals surface area contributed by atoms with E-state index >= 15 is 0 Å². The van der Waals surface area contributed by atoms with Gasteiger partial charge in [-0.15, -0.1) is 11.3 Å². The van der Waals surface area contributed by atoms with E-state index in [-0.39, 0.29) is 30.8 Å². The highest BCUT2D eigenvalue weighted by Crippen LogP contribution is 2.33. The topological polar surface area (TPSA) is 120 Å². The lowest BCUT2D eigenvalue weighted by Gasteiger charge is -2.29. The molecule has 5 amide bonds. The smallest absolute Gasteiger partial charge is 0.319 e. The monoisotopic (exact) mass is 413 g/mol. The van der Waals surface area contributed by atoms with Crippen LogP contribution in [0.2, 0.25) is 0 Å². The Morgan fingerprint density at radius 2 is 2.17 bits per heavy atom. The fourth-order valence-electron chi connectivity index (χ4n) is 3.43. The number of hydrogen-bond acceptors (Lipinski definition) is 6. The average Bonchev–Trinajstić information content (AvgIpc) is 3.22. The Labute approximate surface area is 170 Å². The molecule has 2 aromatic heterocycles. The van der Waals surface area contributed by atoms with E-state index in [0.717, 1.165) is 16.1 Å². The largest absolute Gasteiger partial charge is 0.333 e. The van der Waals surface area contributed by atoms with E-state index in [2.05, 4.69) is 20.9 Å². The van der Waals surface area contributed by atoms with Gasteiger partial charge >= 0.3 is 6.03 Å². The predicted octanol–water partition coefficient (Wildman–Crippen LogP) is 1.53. The summed E-state index contributed by atoms with van der Waals surface area (Å²) in [5.74, 6) is -0.965. The molecule has 1 unspecified atom stereocenters. The van der Waals surface area contributed by atoms with E-state index in [9.17, 15) is 19.2 Å². The number of imide groups is 1. The van der Waals surface area contributed by atoms with E-state index in [0.29, 0.717) is 24.2 Å². The van der Waals surface area contributed by atoms with Gasteiger partial charge in [0.2, 0.25) is 11.8 Å². The van der Waals surface area contributed by atoms with Gasteiger partial charge in [0.05, 0.1) is 24.0 Å². The number of carbonyl (C=O) groups excluding carboxylic acids is 4. The number of hydrogen-bond donors (Lipinski definition) is 3. The van der Waals surface area contributed by atoms with Crippen molar-refractivity contribution in [1.82, 2.24) is 20.5 Å². The van der Waals surface area contributed by atoms with Gasteiger partial charge in [0.25, 0.3) is 5.91 Å². The fraction of sp³-hybridized carbons (Fsp3) is 0.316. The molecule has 10 heteroatoms. The molecule has 1 saturated heterocycles. The van der Waals surface area contributed by atoms with Crippen LogP contribution in [0.5, 0.6) is 0 Å². The summed E-state index contributed by atoms with van der Waals surface area (Å²) in [5, 5.41) is 9.53. The van der Waals surface area contributed by atoms with Gasteiger partial charge in [0, 0.05) is 28.9 Å². The Balaban J connectivity index is 1.39. The molecule has 2 aromatic rings.